The molecule has 1 aromatic carbocycles. The molecule has 4 nitrogen and oxygen atoms in total. The lowest BCUT2D eigenvalue weighted by atomic mass is 10.00. The molecule has 1 aliphatic heterocycles. The molecule has 2 N–H and O–H groups in total. The molecule has 0 aliphatic carbocycles. The van der Waals surface area contributed by atoms with Gasteiger partial charge < -0.3 is 15.4 Å². The predicted octanol–water partition coefficient (Wildman–Crippen LogP) is 1.50. The van der Waals surface area contributed by atoms with E-state index in [1.54, 1.807) is 0 Å². The normalized spacial score (nSPS) is 19.8. The van der Waals surface area contributed by atoms with Crippen LogP contribution in [0.15, 0.2) is 18.2 Å². The Balaban J connectivity index is 2.50. The van der Waals surface area contributed by atoms with Crippen molar-refractivity contribution in [2.45, 2.75) is 32.7 Å². The average molecular weight is 262 g/mol. The molecule has 0 aromatic heterocycles. The maximum absolute atomic E-state index is 12.2. The molecule has 1 unspecified atom stereocenters. The summed E-state index contributed by atoms with van der Waals surface area (Å²) in [6.07, 6.45) is 1.82. The van der Waals surface area contributed by atoms with Crippen LogP contribution in [0.4, 0.5) is 5.69 Å². The van der Waals surface area contributed by atoms with Gasteiger partial charge in [-0.3, -0.25) is 4.79 Å². The molecule has 4 heteroatoms. The van der Waals surface area contributed by atoms with Crippen molar-refractivity contribution in [2.75, 3.05) is 24.7 Å². The second-order valence-electron chi connectivity index (χ2n) is 4.80. The highest BCUT2D eigenvalue weighted by Crippen LogP contribution is 2.30. The Kier molecular flexibility index (Phi) is 4.56. The molecule has 104 valence electrons. The molecule has 0 bridgehead atoms. The van der Waals surface area contributed by atoms with E-state index < -0.39 is 0 Å². The molecule has 2 rings (SSSR count). The zero-order chi connectivity index (χ0) is 13.8. The van der Waals surface area contributed by atoms with E-state index in [2.05, 4.69) is 32.0 Å². The third-order valence-corrected chi connectivity index (χ3v) is 3.65. The minimum Gasteiger partial charge on any atom is -0.369 e. The minimum absolute atomic E-state index is 0.0114. The van der Waals surface area contributed by atoms with Crippen LogP contribution in [0.3, 0.4) is 0 Å². The molecule has 1 fully saturated rings. The highest BCUT2D eigenvalue weighted by Gasteiger charge is 2.31. The van der Waals surface area contributed by atoms with Crippen molar-refractivity contribution in [3.8, 4) is 0 Å². The van der Waals surface area contributed by atoms with Crippen molar-refractivity contribution >= 4 is 11.6 Å². The molecule has 1 aliphatic rings. The smallest absolute Gasteiger partial charge is 0.253 e. The number of rotatable bonds is 4. The van der Waals surface area contributed by atoms with Crippen LogP contribution in [-0.2, 0) is 22.4 Å². The van der Waals surface area contributed by atoms with Gasteiger partial charge in [0.15, 0.2) is 0 Å². The van der Waals surface area contributed by atoms with Gasteiger partial charge in [-0.05, 0) is 24.0 Å². The third-order valence-electron chi connectivity index (χ3n) is 3.65. The lowest BCUT2D eigenvalue weighted by Crippen LogP contribution is -2.53. The number of para-hydroxylation sites is 1. The summed E-state index contributed by atoms with van der Waals surface area (Å²) >= 11 is 0. The molecule has 1 saturated heterocycles. The van der Waals surface area contributed by atoms with Crippen LogP contribution in [-0.4, -0.2) is 31.7 Å². The fraction of sp³-hybridized carbons (Fsp3) is 0.533. The molecule has 1 aromatic rings. The van der Waals surface area contributed by atoms with Gasteiger partial charge in [0.2, 0.25) is 0 Å². The third kappa shape index (κ3) is 2.65. The standard InChI is InChI=1S/C15H22N2O2/c1-3-11-6-5-7-12(4-2)15(11)17-13(8-16)9-19-10-14(17)18/h5-7,13H,3-4,8-10,16H2,1-2H3. The van der Waals surface area contributed by atoms with E-state index in [1.165, 1.54) is 11.1 Å². The quantitative estimate of drug-likeness (QED) is 0.894. The van der Waals surface area contributed by atoms with Crippen molar-refractivity contribution in [1.82, 2.24) is 0 Å². The van der Waals surface area contributed by atoms with Crippen molar-refractivity contribution in [3.63, 3.8) is 0 Å². The number of anilines is 1. The number of nitrogens with zero attached hydrogens (tertiary/aromatic N) is 1. The van der Waals surface area contributed by atoms with E-state index in [0.29, 0.717) is 13.2 Å². The molecule has 1 heterocycles. The molecular formula is C15H22N2O2. The lowest BCUT2D eigenvalue weighted by molar-refractivity contribution is -0.127. The van der Waals surface area contributed by atoms with Crippen LogP contribution < -0.4 is 10.6 Å². The minimum atomic E-state index is -0.0563. The van der Waals surface area contributed by atoms with E-state index in [0.717, 1.165) is 18.5 Å². The first-order valence-electron chi connectivity index (χ1n) is 6.93. The monoisotopic (exact) mass is 262 g/mol. The Bertz CT molecular complexity index is 437. The maximum Gasteiger partial charge on any atom is 0.253 e. The summed E-state index contributed by atoms with van der Waals surface area (Å²) in [5.41, 5.74) is 9.26. The van der Waals surface area contributed by atoms with E-state index >= 15 is 0 Å². The van der Waals surface area contributed by atoms with E-state index in [4.69, 9.17) is 10.5 Å². The average Bonchev–Trinajstić information content (AvgIpc) is 2.46. The van der Waals surface area contributed by atoms with Crippen LogP contribution in [0, 0.1) is 0 Å². The summed E-state index contributed by atoms with van der Waals surface area (Å²) in [6, 6.07) is 6.18. The van der Waals surface area contributed by atoms with Gasteiger partial charge in [0.25, 0.3) is 5.91 Å². The maximum atomic E-state index is 12.2. The highest BCUT2D eigenvalue weighted by atomic mass is 16.5. The molecule has 19 heavy (non-hydrogen) atoms. The number of amides is 1. The molecule has 1 amide bonds. The molecule has 0 spiro atoms. The van der Waals surface area contributed by atoms with E-state index in [1.807, 2.05) is 4.90 Å². The lowest BCUT2D eigenvalue weighted by Gasteiger charge is -2.37. The molecule has 1 atom stereocenters. The van der Waals surface area contributed by atoms with Gasteiger partial charge >= 0.3 is 0 Å². The number of nitrogens with two attached hydrogens (primary N) is 1. The van der Waals surface area contributed by atoms with Gasteiger partial charge in [0.1, 0.15) is 6.61 Å². The number of benzene rings is 1. The van der Waals surface area contributed by atoms with Crippen molar-refractivity contribution in [1.29, 1.82) is 0 Å². The zero-order valence-electron chi connectivity index (χ0n) is 11.7. The number of aryl methyl sites for hydroxylation is 2. The SMILES string of the molecule is CCc1cccc(CC)c1N1C(=O)COCC1CN. The topological polar surface area (TPSA) is 55.6 Å². The molecule has 0 radical (unpaired) electrons. The van der Waals surface area contributed by atoms with Crippen LogP contribution in [0.1, 0.15) is 25.0 Å². The Hall–Kier alpha value is -1.39. The first-order valence-corrected chi connectivity index (χ1v) is 6.93. The second kappa shape index (κ2) is 6.17. The van der Waals surface area contributed by atoms with Crippen LogP contribution in [0.25, 0.3) is 0 Å². The summed E-state index contributed by atoms with van der Waals surface area (Å²) < 4.78 is 5.31. The van der Waals surface area contributed by atoms with Gasteiger partial charge in [-0.2, -0.15) is 0 Å². The van der Waals surface area contributed by atoms with Crippen LogP contribution >= 0.6 is 0 Å². The first kappa shape index (κ1) is 14.0. The van der Waals surface area contributed by atoms with Crippen LogP contribution in [0.2, 0.25) is 0 Å². The summed E-state index contributed by atoms with van der Waals surface area (Å²) in [6.45, 7) is 5.31. The first-order chi connectivity index (χ1) is 9.22. The molecular weight excluding hydrogens is 240 g/mol. The van der Waals surface area contributed by atoms with Crippen molar-refractivity contribution in [3.05, 3.63) is 29.3 Å². The van der Waals surface area contributed by atoms with Gasteiger partial charge in [0.05, 0.1) is 18.3 Å². The number of carbonyl (C=O) groups excluding carboxylic acids is 1. The van der Waals surface area contributed by atoms with Crippen molar-refractivity contribution in [2.24, 2.45) is 5.73 Å². The summed E-state index contributed by atoms with van der Waals surface area (Å²) in [5, 5.41) is 0. The number of hydrogen-bond acceptors (Lipinski definition) is 3. The van der Waals surface area contributed by atoms with Gasteiger partial charge in [-0.25, -0.2) is 0 Å². The Morgan fingerprint density at radius 2 is 1.95 bits per heavy atom. The van der Waals surface area contributed by atoms with Crippen molar-refractivity contribution < 1.29 is 9.53 Å². The number of ether oxygens (including phenoxy) is 1. The number of carbonyl (C=O) groups is 1. The molecule has 0 saturated carbocycles. The summed E-state index contributed by atoms with van der Waals surface area (Å²) in [5.74, 6) is 0.0114. The Morgan fingerprint density at radius 3 is 2.47 bits per heavy atom. The summed E-state index contributed by atoms with van der Waals surface area (Å²) in [4.78, 5) is 14.1. The number of morpholine rings is 1. The largest absolute Gasteiger partial charge is 0.369 e. The predicted molar refractivity (Wildman–Crippen MR) is 76.3 cm³/mol. The number of hydrogen-bond donors (Lipinski definition) is 1. The van der Waals surface area contributed by atoms with Gasteiger partial charge in [0, 0.05) is 6.54 Å². The zero-order valence-corrected chi connectivity index (χ0v) is 11.7. The van der Waals surface area contributed by atoms with Gasteiger partial charge in [-0.1, -0.05) is 32.0 Å². The van der Waals surface area contributed by atoms with E-state index in [-0.39, 0.29) is 18.6 Å². The highest BCUT2D eigenvalue weighted by molar-refractivity contribution is 5.97. The fourth-order valence-corrected chi connectivity index (χ4v) is 2.64. The Labute approximate surface area is 114 Å². The van der Waals surface area contributed by atoms with E-state index in [9.17, 15) is 4.79 Å². The fourth-order valence-electron chi connectivity index (χ4n) is 2.64. The second-order valence-corrected chi connectivity index (χ2v) is 4.80. The summed E-state index contributed by atoms with van der Waals surface area (Å²) in [7, 11) is 0. The van der Waals surface area contributed by atoms with Crippen LogP contribution in [0.5, 0.6) is 0 Å². The van der Waals surface area contributed by atoms with Gasteiger partial charge in [-0.15, -0.1) is 0 Å². The Morgan fingerprint density at radius 1 is 1.32 bits per heavy atom.